The van der Waals surface area contributed by atoms with Crippen molar-refractivity contribution in [2.75, 3.05) is 0 Å². The Kier molecular flexibility index (Phi) is 1.92. The molecule has 0 aromatic heterocycles. The summed E-state index contributed by atoms with van der Waals surface area (Å²) in [6.07, 6.45) is 0. The molecule has 0 saturated heterocycles. The van der Waals surface area contributed by atoms with Crippen molar-refractivity contribution < 1.29 is 0 Å². The molecular weight excluding hydrogens is 158 g/mol. The standard InChI is InChI=1S/C12H11N/c1-9(13)11-8-4-6-10-5-2-3-7-12(10)11/h3-4,6-9H,13H2,1H3. The van der Waals surface area contributed by atoms with E-state index in [2.05, 4.69) is 18.2 Å². The van der Waals surface area contributed by atoms with E-state index >= 15 is 0 Å². The zero-order valence-corrected chi connectivity index (χ0v) is 7.54. The molecule has 0 heterocycles. The Morgan fingerprint density at radius 1 is 1.31 bits per heavy atom. The molecule has 0 saturated carbocycles. The second-order valence-electron chi connectivity index (χ2n) is 3.20. The molecule has 1 heteroatoms. The van der Waals surface area contributed by atoms with Crippen molar-refractivity contribution in [2.24, 2.45) is 5.73 Å². The minimum absolute atomic E-state index is 0.0690. The van der Waals surface area contributed by atoms with Crippen molar-refractivity contribution >= 4 is 10.8 Å². The zero-order chi connectivity index (χ0) is 9.26. The van der Waals surface area contributed by atoms with Gasteiger partial charge in [-0.1, -0.05) is 24.3 Å². The Balaban J connectivity index is 2.76. The monoisotopic (exact) mass is 169 g/mol. The van der Waals surface area contributed by atoms with Crippen LogP contribution in [0.2, 0.25) is 0 Å². The quantitative estimate of drug-likeness (QED) is 0.697. The Bertz CT molecular complexity index is 413. The maximum absolute atomic E-state index is 5.86. The lowest BCUT2D eigenvalue weighted by atomic mass is 10.0. The predicted octanol–water partition coefficient (Wildman–Crippen LogP) is 2.46. The van der Waals surface area contributed by atoms with Gasteiger partial charge in [0, 0.05) is 11.4 Å². The fourth-order valence-electron chi connectivity index (χ4n) is 1.52. The minimum Gasteiger partial charge on any atom is -0.324 e. The molecule has 1 nitrogen and oxygen atoms in total. The maximum atomic E-state index is 5.86. The van der Waals surface area contributed by atoms with Crippen LogP contribution in [0.15, 0.2) is 30.3 Å². The van der Waals surface area contributed by atoms with Crippen molar-refractivity contribution in [3.63, 3.8) is 0 Å². The van der Waals surface area contributed by atoms with E-state index in [-0.39, 0.29) is 6.04 Å². The van der Waals surface area contributed by atoms with Crippen molar-refractivity contribution in [3.05, 3.63) is 48.0 Å². The Morgan fingerprint density at radius 3 is 2.92 bits per heavy atom. The van der Waals surface area contributed by atoms with Crippen molar-refractivity contribution in [2.45, 2.75) is 13.0 Å². The SMILES string of the molecule is CC(N)c1cccc2c#cccc12. The largest absolute Gasteiger partial charge is 0.324 e. The molecule has 2 N–H and O–H groups in total. The first kappa shape index (κ1) is 8.10. The first-order valence-electron chi connectivity index (χ1n) is 4.35. The van der Waals surface area contributed by atoms with E-state index in [1.54, 1.807) is 0 Å². The maximum Gasteiger partial charge on any atom is 0.0324 e. The van der Waals surface area contributed by atoms with Crippen molar-refractivity contribution in [3.8, 4) is 0 Å². The minimum atomic E-state index is 0.0690. The molecule has 0 aliphatic heterocycles. The third-order valence-electron chi connectivity index (χ3n) is 2.17. The van der Waals surface area contributed by atoms with E-state index < -0.39 is 0 Å². The molecule has 0 fully saturated rings. The molecule has 13 heavy (non-hydrogen) atoms. The Labute approximate surface area is 78.2 Å². The van der Waals surface area contributed by atoms with Gasteiger partial charge in [0.2, 0.25) is 0 Å². The van der Waals surface area contributed by atoms with E-state index in [1.807, 2.05) is 31.2 Å². The van der Waals surface area contributed by atoms with Gasteiger partial charge in [-0.25, -0.2) is 0 Å². The second-order valence-corrected chi connectivity index (χ2v) is 3.20. The molecular formula is C12H11N. The predicted molar refractivity (Wildman–Crippen MR) is 54.2 cm³/mol. The smallest absolute Gasteiger partial charge is 0.0324 e. The van der Waals surface area contributed by atoms with Crippen LogP contribution < -0.4 is 5.73 Å². The Morgan fingerprint density at radius 2 is 2.15 bits per heavy atom. The normalized spacial score (nSPS) is 12.5. The molecule has 0 amide bonds. The number of rotatable bonds is 1. The highest BCUT2D eigenvalue weighted by Gasteiger charge is 2.02. The topological polar surface area (TPSA) is 26.0 Å². The summed E-state index contributed by atoms with van der Waals surface area (Å²) in [6.45, 7) is 1.99. The molecule has 2 aromatic carbocycles. The van der Waals surface area contributed by atoms with E-state index in [9.17, 15) is 0 Å². The van der Waals surface area contributed by atoms with Crippen LogP contribution in [0.5, 0.6) is 0 Å². The summed E-state index contributed by atoms with van der Waals surface area (Å²) in [6, 6.07) is 16.1. The van der Waals surface area contributed by atoms with E-state index in [0.29, 0.717) is 0 Å². The van der Waals surface area contributed by atoms with Crippen LogP contribution in [0.25, 0.3) is 10.8 Å². The fourth-order valence-corrected chi connectivity index (χ4v) is 1.52. The summed E-state index contributed by atoms with van der Waals surface area (Å²) in [5, 5.41) is 2.26. The molecule has 0 spiro atoms. The van der Waals surface area contributed by atoms with Gasteiger partial charge in [-0.05, 0) is 36.1 Å². The molecule has 0 aliphatic rings. The van der Waals surface area contributed by atoms with Crippen LogP contribution in [-0.4, -0.2) is 0 Å². The molecule has 2 aromatic rings. The zero-order valence-electron chi connectivity index (χ0n) is 7.54. The van der Waals surface area contributed by atoms with Gasteiger partial charge in [0.15, 0.2) is 0 Å². The number of benzene rings is 1. The summed E-state index contributed by atoms with van der Waals surface area (Å²) in [5.41, 5.74) is 7.02. The fraction of sp³-hybridized carbons (Fsp3) is 0.167. The molecule has 2 rings (SSSR count). The molecule has 1 unspecified atom stereocenters. The summed E-state index contributed by atoms with van der Waals surface area (Å²) in [7, 11) is 0. The van der Waals surface area contributed by atoms with Gasteiger partial charge in [0.1, 0.15) is 0 Å². The van der Waals surface area contributed by atoms with E-state index in [1.165, 1.54) is 10.9 Å². The number of hydrogen-bond acceptors (Lipinski definition) is 1. The number of fused-ring (bicyclic) bond motifs is 1. The van der Waals surface area contributed by atoms with Crippen LogP contribution in [0.1, 0.15) is 18.5 Å². The first-order chi connectivity index (χ1) is 6.29. The van der Waals surface area contributed by atoms with Crippen LogP contribution in [0, 0.1) is 12.1 Å². The molecule has 0 bridgehead atoms. The number of nitrogens with two attached hydrogens (primary N) is 1. The average Bonchev–Trinajstić information content (AvgIpc) is 2.17. The van der Waals surface area contributed by atoms with Gasteiger partial charge in [0.05, 0.1) is 0 Å². The van der Waals surface area contributed by atoms with Gasteiger partial charge >= 0.3 is 0 Å². The lowest BCUT2D eigenvalue weighted by Crippen LogP contribution is -2.04. The van der Waals surface area contributed by atoms with Gasteiger partial charge < -0.3 is 5.73 Å². The highest BCUT2D eigenvalue weighted by atomic mass is 14.6. The Hall–Kier alpha value is -1.52. The number of hydrogen-bond donors (Lipinski definition) is 1. The van der Waals surface area contributed by atoms with Crippen LogP contribution in [-0.2, 0) is 0 Å². The molecule has 64 valence electrons. The van der Waals surface area contributed by atoms with Gasteiger partial charge in [-0.2, -0.15) is 0 Å². The van der Waals surface area contributed by atoms with Gasteiger partial charge in [0.25, 0.3) is 0 Å². The van der Waals surface area contributed by atoms with Gasteiger partial charge in [-0.3, -0.25) is 0 Å². The molecule has 0 radical (unpaired) electrons. The van der Waals surface area contributed by atoms with Crippen LogP contribution in [0.4, 0.5) is 0 Å². The summed E-state index contributed by atoms with van der Waals surface area (Å²) in [4.78, 5) is 0. The van der Waals surface area contributed by atoms with Crippen molar-refractivity contribution in [1.29, 1.82) is 0 Å². The summed E-state index contributed by atoms with van der Waals surface area (Å²) < 4.78 is 0. The first-order valence-corrected chi connectivity index (χ1v) is 4.35. The van der Waals surface area contributed by atoms with E-state index in [4.69, 9.17) is 5.73 Å². The van der Waals surface area contributed by atoms with Crippen molar-refractivity contribution in [1.82, 2.24) is 0 Å². The second kappa shape index (κ2) is 3.08. The highest BCUT2D eigenvalue weighted by Crippen LogP contribution is 2.20. The van der Waals surface area contributed by atoms with Crippen LogP contribution >= 0.6 is 0 Å². The summed E-state index contributed by atoms with van der Waals surface area (Å²) in [5.74, 6) is 0. The van der Waals surface area contributed by atoms with Gasteiger partial charge in [-0.15, -0.1) is 0 Å². The van der Waals surface area contributed by atoms with E-state index in [0.717, 1.165) is 5.39 Å². The third-order valence-corrected chi connectivity index (χ3v) is 2.17. The molecule has 1 atom stereocenters. The average molecular weight is 169 g/mol. The molecule has 0 aliphatic carbocycles. The lowest BCUT2D eigenvalue weighted by molar-refractivity contribution is 0.827. The third kappa shape index (κ3) is 1.37. The lowest BCUT2D eigenvalue weighted by Gasteiger charge is -2.07. The van der Waals surface area contributed by atoms with Crippen LogP contribution in [0.3, 0.4) is 0 Å². The summed E-state index contributed by atoms with van der Waals surface area (Å²) >= 11 is 0. The highest BCUT2D eigenvalue weighted by molar-refractivity contribution is 5.84.